The van der Waals surface area contributed by atoms with Crippen LogP contribution in [0.2, 0.25) is 0 Å². The summed E-state index contributed by atoms with van der Waals surface area (Å²) < 4.78 is 28.3. The maximum absolute atomic E-state index is 12.7. The smallest absolute Gasteiger partial charge is 0.333 e. The van der Waals surface area contributed by atoms with Gasteiger partial charge in [-0.25, -0.2) is 4.79 Å². The van der Waals surface area contributed by atoms with E-state index in [-0.39, 0.29) is 25.9 Å². The number of unbranched alkanes of at least 4 members (excludes halogenated alkanes) is 1. The molecule has 3 heterocycles. The zero-order valence-electron chi connectivity index (χ0n) is 25.5. The number of ether oxygens (including phenoxy) is 5. The summed E-state index contributed by atoms with van der Waals surface area (Å²) in [6, 6.07) is 14.7. The van der Waals surface area contributed by atoms with Gasteiger partial charge in [-0.15, -0.1) is 11.3 Å². The molecule has 2 aliphatic rings. The van der Waals surface area contributed by atoms with Crippen LogP contribution in [0.1, 0.15) is 24.8 Å². The second kappa shape index (κ2) is 16.7. The number of methoxy groups -OCH3 is 1. The summed E-state index contributed by atoms with van der Waals surface area (Å²) in [5.74, 6) is 0.0975. The van der Waals surface area contributed by atoms with Crippen LogP contribution >= 0.6 is 11.3 Å². The Morgan fingerprint density at radius 3 is 2.59 bits per heavy atom. The summed E-state index contributed by atoms with van der Waals surface area (Å²) >= 11 is 1.80. The van der Waals surface area contributed by atoms with Gasteiger partial charge >= 0.3 is 5.97 Å². The molecule has 0 aliphatic carbocycles. The molecule has 0 bridgehead atoms. The number of esters is 1. The van der Waals surface area contributed by atoms with Crippen LogP contribution in [0.25, 0.3) is 10.1 Å². The second-order valence-corrected chi connectivity index (χ2v) is 11.9. The molecule has 2 aliphatic heterocycles. The highest BCUT2D eigenvalue weighted by Crippen LogP contribution is 2.32. The number of carbonyl (C=O) groups excluding carboxylic acids is 2. The molecule has 0 N–H and O–H groups in total. The van der Waals surface area contributed by atoms with Crippen LogP contribution in [0.5, 0.6) is 5.75 Å². The first-order valence-electron chi connectivity index (χ1n) is 15.4. The SMILES string of the molecule is COCCOCCOCC(=O)OCN1C(=O)CCc2ccc(OCCCCN3CCN(c4cccc5sccc45)CC3)cc21. The molecule has 0 radical (unpaired) electrons. The van der Waals surface area contributed by atoms with Crippen LogP contribution in [-0.2, 0) is 35.0 Å². The minimum atomic E-state index is -0.532. The minimum absolute atomic E-state index is 0.0815. The number of fused-ring (bicyclic) bond motifs is 2. The Hall–Kier alpha value is -3.22. The van der Waals surface area contributed by atoms with E-state index in [0.717, 1.165) is 56.8 Å². The van der Waals surface area contributed by atoms with Crippen molar-refractivity contribution >= 4 is 44.7 Å². The van der Waals surface area contributed by atoms with Crippen molar-refractivity contribution in [2.24, 2.45) is 0 Å². The van der Waals surface area contributed by atoms with Crippen LogP contribution in [0.15, 0.2) is 47.8 Å². The third-order valence-electron chi connectivity index (χ3n) is 7.96. The summed E-state index contributed by atoms with van der Waals surface area (Å²) in [5, 5.41) is 3.53. The molecular formula is C33H43N3O7S. The van der Waals surface area contributed by atoms with Crippen molar-refractivity contribution in [2.75, 3.05) is 96.0 Å². The Morgan fingerprint density at radius 2 is 1.73 bits per heavy atom. The third kappa shape index (κ3) is 8.92. The second-order valence-electron chi connectivity index (χ2n) is 10.9. The van der Waals surface area contributed by atoms with E-state index in [2.05, 4.69) is 39.4 Å². The normalized spacial score (nSPS) is 15.5. The molecule has 0 atom stereocenters. The Morgan fingerprint density at radius 1 is 0.886 bits per heavy atom. The molecule has 1 aromatic heterocycles. The Balaban J connectivity index is 1.00. The Labute approximate surface area is 263 Å². The van der Waals surface area contributed by atoms with Crippen LogP contribution in [0.3, 0.4) is 0 Å². The van der Waals surface area contributed by atoms with Gasteiger partial charge in [0.05, 0.1) is 38.7 Å². The van der Waals surface area contributed by atoms with E-state index in [4.69, 9.17) is 23.7 Å². The molecular weight excluding hydrogens is 582 g/mol. The largest absolute Gasteiger partial charge is 0.494 e. The first-order chi connectivity index (χ1) is 21.6. The first kappa shape index (κ1) is 32.2. The summed E-state index contributed by atoms with van der Waals surface area (Å²) in [7, 11) is 1.61. The number of hydrogen-bond donors (Lipinski definition) is 0. The van der Waals surface area contributed by atoms with Gasteiger partial charge in [0.25, 0.3) is 0 Å². The number of piperazine rings is 1. The fraction of sp³-hybridized carbons (Fsp3) is 0.515. The van der Waals surface area contributed by atoms with E-state index in [9.17, 15) is 9.59 Å². The van der Waals surface area contributed by atoms with E-state index in [0.29, 0.717) is 45.0 Å². The molecule has 44 heavy (non-hydrogen) atoms. The van der Waals surface area contributed by atoms with Crippen molar-refractivity contribution in [1.82, 2.24) is 4.90 Å². The van der Waals surface area contributed by atoms with E-state index >= 15 is 0 Å². The fourth-order valence-corrected chi connectivity index (χ4v) is 6.35. The van der Waals surface area contributed by atoms with Crippen molar-refractivity contribution in [1.29, 1.82) is 0 Å². The van der Waals surface area contributed by atoms with Crippen LogP contribution in [0, 0.1) is 0 Å². The number of aryl methyl sites for hydroxylation is 1. The average molecular weight is 626 g/mol. The van der Waals surface area contributed by atoms with Gasteiger partial charge in [0.1, 0.15) is 12.4 Å². The minimum Gasteiger partial charge on any atom is -0.494 e. The van der Waals surface area contributed by atoms with Gasteiger partial charge in [-0.2, -0.15) is 0 Å². The molecule has 1 amide bonds. The maximum Gasteiger partial charge on any atom is 0.333 e. The molecule has 0 unspecified atom stereocenters. The molecule has 2 aromatic carbocycles. The van der Waals surface area contributed by atoms with Crippen molar-refractivity contribution in [3.8, 4) is 5.75 Å². The number of amides is 1. The zero-order valence-corrected chi connectivity index (χ0v) is 26.4. The topological polar surface area (TPSA) is 90.0 Å². The maximum atomic E-state index is 12.7. The molecule has 11 heteroatoms. The highest BCUT2D eigenvalue weighted by atomic mass is 32.1. The average Bonchev–Trinajstić information content (AvgIpc) is 3.53. The first-order valence-corrected chi connectivity index (χ1v) is 16.3. The lowest BCUT2D eigenvalue weighted by atomic mass is 10.0. The molecule has 5 rings (SSSR count). The number of rotatable bonds is 17. The van der Waals surface area contributed by atoms with Crippen molar-refractivity contribution in [3.05, 3.63) is 53.4 Å². The lowest BCUT2D eigenvalue weighted by Crippen LogP contribution is -2.46. The zero-order chi connectivity index (χ0) is 30.6. The van der Waals surface area contributed by atoms with Crippen LogP contribution < -0.4 is 14.5 Å². The molecule has 3 aromatic rings. The number of hydrogen-bond acceptors (Lipinski definition) is 10. The predicted molar refractivity (Wildman–Crippen MR) is 172 cm³/mol. The summed E-state index contributed by atoms with van der Waals surface area (Å²) in [4.78, 5) is 31.4. The van der Waals surface area contributed by atoms with Gasteiger partial charge < -0.3 is 28.6 Å². The number of nitrogens with zero attached hydrogens (tertiary/aromatic N) is 3. The van der Waals surface area contributed by atoms with Crippen LogP contribution in [0.4, 0.5) is 11.4 Å². The van der Waals surface area contributed by atoms with Crippen molar-refractivity contribution in [3.63, 3.8) is 0 Å². The number of thiophene rings is 1. The monoisotopic (exact) mass is 625 g/mol. The van der Waals surface area contributed by atoms with Gasteiger partial charge in [0.2, 0.25) is 5.91 Å². The number of carbonyl (C=O) groups is 2. The van der Waals surface area contributed by atoms with Gasteiger partial charge in [0.15, 0.2) is 6.73 Å². The van der Waals surface area contributed by atoms with Gasteiger partial charge in [-0.1, -0.05) is 12.1 Å². The summed E-state index contributed by atoms with van der Waals surface area (Å²) in [6.07, 6.45) is 3.04. The summed E-state index contributed by atoms with van der Waals surface area (Å²) in [5.41, 5.74) is 3.12. The number of benzene rings is 2. The van der Waals surface area contributed by atoms with Crippen LogP contribution in [-0.4, -0.2) is 103 Å². The van der Waals surface area contributed by atoms with E-state index in [1.54, 1.807) is 18.4 Å². The quantitative estimate of drug-likeness (QED) is 0.161. The van der Waals surface area contributed by atoms with Gasteiger partial charge in [-0.05, 0) is 61.0 Å². The van der Waals surface area contributed by atoms with Gasteiger partial charge in [-0.3, -0.25) is 14.6 Å². The van der Waals surface area contributed by atoms with E-state index in [1.807, 2.05) is 18.2 Å². The fourth-order valence-electron chi connectivity index (χ4n) is 5.54. The highest BCUT2D eigenvalue weighted by Gasteiger charge is 2.26. The molecule has 0 spiro atoms. The summed E-state index contributed by atoms with van der Waals surface area (Å²) in [6.45, 7) is 7.14. The molecule has 238 valence electrons. The van der Waals surface area contributed by atoms with Crippen molar-refractivity contribution < 1.29 is 33.3 Å². The third-order valence-corrected chi connectivity index (χ3v) is 8.84. The lowest BCUT2D eigenvalue weighted by Gasteiger charge is -2.36. The standard InChI is InChI=1S/C33H43N3O7S/c1-39-18-19-40-20-21-41-24-33(38)43-25-36-30-23-27(9-7-26(30)8-10-32(36)37)42-17-3-2-12-34-13-15-35(16-14-34)29-5-4-6-31-28(29)11-22-44-31/h4-7,9,11,22-23H,2-3,8,10,12-21,24-25H2,1H3. The van der Waals surface area contributed by atoms with Crippen molar-refractivity contribution in [2.45, 2.75) is 25.7 Å². The molecule has 1 saturated heterocycles. The van der Waals surface area contributed by atoms with E-state index < -0.39 is 5.97 Å². The molecule has 10 nitrogen and oxygen atoms in total. The Bertz CT molecular complexity index is 1360. The van der Waals surface area contributed by atoms with E-state index in [1.165, 1.54) is 20.7 Å². The highest BCUT2D eigenvalue weighted by molar-refractivity contribution is 7.17. The van der Waals surface area contributed by atoms with Gasteiger partial charge in [0, 0.05) is 61.5 Å². The predicted octanol–water partition coefficient (Wildman–Crippen LogP) is 4.34. The molecule has 0 saturated carbocycles. The number of anilines is 2. The lowest BCUT2D eigenvalue weighted by molar-refractivity contribution is -0.149. The Kier molecular flexibility index (Phi) is 12.2. The molecule has 1 fully saturated rings.